The molecule has 0 amide bonds. The first kappa shape index (κ1) is 12.0. The zero-order valence-corrected chi connectivity index (χ0v) is 10.6. The lowest BCUT2D eigenvalue weighted by atomic mass is 10.1. The van der Waals surface area contributed by atoms with Crippen molar-refractivity contribution in [1.29, 1.82) is 0 Å². The Bertz CT molecular complexity index is 685. The minimum Gasteiger partial charge on any atom is -0.466 e. The number of aromatic amines is 1. The smallest absolute Gasteiger partial charge is 0.330 e. The van der Waals surface area contributed by atoms with Crippen molar-refractivity contribution in [3.8, 4) is 0 Å². The van der Waals surface area contributed by atoms with Gasteiger partial charge in [0.1, 0.15) is 5.82 Å². The Morgan fingerprint density at radius 1 is 1.42 bits per heavy atom. The second kappa shape index (κ2) is 4.53. The van der Waals surface area contributed by atoms with Crippen molar-refractivity contribution in [2.75, 3.05) is 7.11 Å². The number of nitrogens with one attached hydrogen (secondary N) is 1. The summed E-state index contributed by atoms with van der Waals surface area (Å²) in [4.78, 5) is 14.5. The maximum Gasteiger partial charge on any atom is 0.330 e. The molecule has 0 bridgehead atoms. The fourth-order valence-corrected chi connectivity index (χ4v) is 2.69. The molecule has 98 valence electrons. The normalized spacial score (nSPS) is 14.2. The van der Waals surface area contributed by atoms with Crippen molar-refractivity contribution < 1.29 is 13.9 Å². The molecule has 1 aromatic carbocycles. The lowest BCUT2D eigenvalue weighted by molar-refractivity contribution is -0.134. The predicted octanol–water partition coefficient (Wildman–Crippen LogP) is 2.98. The Balaban J connectivity index is 2.14. The molecular formula is C15H14FNO2. The molecule has 0 saturated heterocycles. The summed E-state index contributed by atoms with van der Waals surface area (Å²) in [5.41, 5.74) is 3.97. The SMILES string of the molecule is COC(=O)/C=C/c1cc(F)cc2c3c([nH]c12)CCC3. The van der Waals surface area contributed by atoms with Crippen LogP contribution in [0.1, 0.15) is 23.2 Å². The third-order valence-corrected chi connectivity index (χ3v) is 3.55. The minimum absolute atomic E-state index is 0.286. The molecule has 2 aromatic rings. The van der Waals surface area contributed by atoms with Gasteiger partial charge in [0.15, 0.2) is 0 Å². The van der Waals surface area contributed by atoms with Crippen LogP contribution in [0, 0.1) is 5.82 Å². The zero-order valence-electron chi connectivity index (χ0n) is 10.6. The molecule has 1 heterocycles. The first-order valence-electron chi connectivity index (χ1n) is 6.28. The maximum absolute atomic E-state index is 13.7. The highest BCUT2D eigenvalue weighted by atomic mass is 19.1. The Labute approximate surface area is 110 Å². The van der Waals surface area contributed by atoms with Gasteiger partial charge in [0.25, 0.3) is 0 Å². The van der Waals surface area contributed by atoms with Gasteiger partial charge in [-0.1, -0.05) is 0 Å². The minimum atomic E-state index is -0.448. The number of halogens is 1. The van der Waals surface area contributed by atoms with Gasteiger partial charge < -0.3 is 9.72 Å². The number of methoxy groups -OCH3 is 1. The highest BCUT2D eigenvalue weighted by molar-refractivity contribution is 5.95. The lowest BCUT2D eigenvalue weighted by Crippen LogP contribution is -1.93. The van der Waals surface area contributed by atoms with Crippen molar-refractivity contribution in [2.24, 2.45) is 0 Å². The van der Waals surface area contributed by atoms with Crippen LogP contribution in [-0.2, 0) is 22.4 Å². The van der Waals surface area contributed by atoms with Crippen LogP contribution in [-0.4, -0.2) is 18.1 Å². The van der Waals surface area contributed by atoms with E-state index >= 15 is 0 Å². The van der Waals surface area contributed by atoms with Gasteiger partial charge >= 0.3 is 5.97 Å². The van der Waals surface area contributed by atoms with Gasteiger partial charge in [-0.05, 0) is 43.0 Å². The second-order valence-corrected chi connectivity index (χ2v) is 4.71. The van der Waals surface area contributed by atoms with E-state index in [4.69, 9.17) is 0 Å². The number of carbonyl (C=O) groups excluding carboxylic acids is 1. The average Bonchev–Trinajstić information content (AvgIpc) is 2.97. The van der Waals surface area contributed by atoms with E-state index in [2.05, 4.69) is 9.72 Å². The van der Waals surface area contributed by atoms with Gasteiger partial charge in [-0.3, -0.25) is 0 Å². The monoisotopic (exact) mass is 259 g/mol. The summed E-state index contributed by atoms with van der Waals surface area (Å²) in [5.74, 6) is -0.734. The van der Waals surface area contributed by atoms with Crippen LogP contribution in [0.5, 0.6) is 0 Å². The van der Waals surface area contributed by atoms with Crippen molar-refractivity contribution in [2.45, 2.75) is 19.3 Å². The quantitative estimate of drug-likeness (QED) is 0.665. The van der Waals surface area contributed by atoms with Crippen LogP contribution in [0.4, 0.5) is 4.39 Å². The molecule has 0 spiro atoms. The van der Waals surface area contributed by atoms with E-state index in [9.17, 15) is 9.18 Å². The van der Waals surface area contributed by atoms with E-state index in [0.29, 0.717) is 5.56 Å². The number of hydrogen-bond acceptors (Lipinski definition) is 2. The molecule has 0 aliphatic heterocycles. The van der Waals surface area contributed by atoms with Crippen molar-refractivity contribution in [3.05, 3.63) is 40.8 Å². The molecule has 1 aliphatic rings. The molecule has 4 heteroatoms. The van der Waals surface area contributed by atoms with Crippen LogP contribution in [0.15, 0.2) is 18.2 Å². The molecule has 0 radical (unpaired) electrons. The van der Waals surface area contributed by atoms with Gasteiger partial charge in [0.05, 0.1) is 12.6 Å². The first-order chi connectivity index (χ1) is 9.19. The van der Waals surface area contributed by atoms with Crippen molar-refractivity contribution in [3.63, 3.8) is 0 Å². The Morgan fingerprint density at radius 3 is 3.05 bits per heavy atom. The summed E-state index contributed by atoms with van der Waals surface area (Å²) in [6.45, 7) is 0. The number of H-pyrrole nitrogens is 1. The summed E-state index contributed by atoms with van der Waals surface area (Å²) in [7, 11) is 1.32. The summed E-state index contributed by atoms with van der Waals surface area (Å²) < 4.78 is 18.2. The third-order valence-electron chi connectivity index (χ3n) is 3.55. The number of rotatable bonds is 2. The summed E-state index contributed by atoms with van der Waals surface area (Å²) in [6.07, 6.45) is 5.99. The van der Waals surface area contributed by atoms with E-state index in [1.54, 1.807) is 12.1 Å². The van der Waals surface area contributed by atoms with E-state index in [-0.39, 0.29) is 5.82 Å². The highest BCUT2D eigenvalue weighted by Crippen LogP contribution is 2.32. The molecule has 0 fully saturated rings. The summed E-state index contributed by atoms with van der Waals surface area (Å²) in [5, 5.41) is 0.928. The van der Waals surface area contributed by atoms with Crippen LogP contribution in [0.25, 0.3) is 17.0 Å². The van der Waals surface area contributed by atoms with E-state index < -0.39 is 5.97 Å². The fourth-order valence-electron chi connectivity index (χ4n) is 2.69. The van der Waals surface area contributed by atoms with E-state index in [1.807, 2.05) is 0 Å². The second-order valence-electron chi connectivity index (χ2n) is 4.71. The standard InChI is InChI=1S/C15H14FNO2/c1-19-14(18)6-5-9-7-10(16)8-12-11-3-2-4-13(11)17-15(9)12/h5-8,17H,2-4H2,1H3/b6-5+. The molecule has 1 aromatic heterocycles. The number of hydrogen-bond donors (Lipinski definition) is 1. The van der Waals surface area contributed by atoms with Gasteiger partial charge in [0.2, 0.25) is 0 Å². The Hall–Kier alpha value is -2.10. The Kier molecular flexibility index (Phi) is 2.85. The third kappa shape index (κ3) is 2.03. The van der Waals surface area contributed by atoms with Gasteiger partial charge in [0, 0.05) is 22.7 Å². The number of benzene rings is 1. The number of aromatic nitrogens is 1. The highest BCUT2D eigenvalue weighted by Gasteiger charge is 2.18. The molecular weight excluding hydrogens is 245 g/mol. The summed E-state index contributed by atoms with van der Waals surface area (Å²) >= 11 is 0. The fraction of sp³-hybridized carbons (Fsp3) is 0.267. The number of aryl methyl sites for hydroxylation is 2. The molecule has 1 N–H and O–H groups in total. The number of carbonyl (C=O) groups is 1. The zero-order chi connectivity index (χ0) is 13.4. The lowest BCUT2D eigenvalue weighted by Gasteiger charge is -2.00. The van der Waals surface area contributed by atoms with Crippen molar-refractivity contribution >= 4 is 22.9 Å². The van der Waals surface area contributed by atoms with Crippen molar-refractivity contribution in [1.82, 2.24) is 4.98 Å². The molecule has 0 atom stereocenters. The maximum atomic E-state index is 13.7. The largest absolute Gasteiger partial charge is 0.466 e. The molecule has 19 heavy (non-hydrogen) atoms. The van der Waals surface area contributed by atoms with Crippen LogP contribution < -0.4 is 0 Å². The van der Waals surface area contributed by atoms with E-state index in [1.165, 1.54) is 30.5 Å². The molecule has 3 nitrogen and oxygen atoms in total. The van der Waals surface area contributed by atoms with Crippen LogP contribution in [0.2, 0.25) is 0 Å². The molecule has 3 rings (SSSR count). The molecule has 0 saturated carbocycles. The van der Waals surface area contributed by atoms with Crippen LogP contribution >= 0.6 is 0 Å². The number of fused-ring (bicyclic) bond motifs is 3. The van der Waals surface area contributed by atoms with Gasteiger partial charge in [-0.2, -0.15) is 0 Å². The van der Waals surface area contributed by atoms with Gasteiger partial charge in [-0.25, -0.2) is 9.18 Å². The van der Waals surface area contributed by atoms with E-state index in [0.717, 1.165) is 30.2 Å². The van der Waals surface area contributed by atoms with Crippen LogP contribution in [0.3, 0.4) is 0 Å². The predicted molar refractivity (Wildman–Crippen MR) is 71.3 cm³/mol. The molecule has 0 unspecified atom stereocenters. The Morgan fingerprint density at radius 2 is 2.26 bits per heavy atom. The first-order valence-corrected chi connectivity index (χ1v) is 6.28. The number of ether oxygens (including phenoxy) is 1. The molecule has 1 aliphatic carbocycles. The topological polar surface area (TPSA) is 42.1 Å². The average molecular weight is 259 g/mol. The number of esters is 1. The van der Waals surface area contributed by atoms with Gasteiger partial charge in [-0.15, -0.1) is 0 Å². The summed E-state index contributed by atoms with van der Waals surface area (Å²) in [6, 6.07) is 2.99.